The molecule has 2 rings (SSSR count). The summed E-state index contributed by atoms with van der Waals surface area (Å²) >= 11 is 0. The van der Waals surface area contributed by atoms with Gasteiger partial charge in [0, 0.05) is 11.7 Å². The van der Waals surface area contributed by atoms with Crippen LogP contribution in [0, 0.1) is 6.92 Å². The molecule has 0 saturated heterocycles. The third-order valence-corrected chi connectivity index (χ3v) is 6.89. The molecule has 0 bridgehead atoms. The van der Waals surface area contributed by atoms with Gasteiger partial charge < -0.3 is 9.63 Å². The first-order valence-corrected chi connectivity index (χ1v) is 9.55. The average Bonchev–Trinajstić information content (AvgIpc) is 2.55. The normalized spacial score (nSPS) is 16.2. The molecule has 0 radical (unpaired) electrons. The number of carbonyl (C=O) groups is 1. The van der Waals surface area contributed by atoms with Crippen molar-refractivity contribution in [2.75, 3.05) is 6.61 Å². The Kier molecular flexibility index (Phi) is 5.76. The Morgan fingerprint density at radius 3 is 2.21 bits per heavy atom. The first-order valence-electron chi connectivity index (χ1n) is 7.93. The smallest absolute Gasteiger partial charge is 0.267 e. The minimum absolute atomic E-state index is 0.165. The number of hydrogen-bond donors (Lipinski definition) is 1. The van der Waals surface area contributed by atoms with Crippen LogP contribution in [0.25, 0.3) is 0 Å². The van der Waals surface area contributed by atoms with Crippen LogP contribution in [-0.2, 0) is 19.2 Å². The standard InChI is InChI=1S/C19H23O4P/c1-4-23-24(22,18-8-6-5-7-9-18)19(21,14-16(3)20)17-12-10-15(2)11-13-17/h5-13,21H,4,14H2,1-3H3/t19-,24-/m1/s1. The lowest BCUT2D eigenvalue weighted by Gasteiger charge is -2.35. The molecule has 0 aromatic heterocycles. The number of benzene rings is 2. The monoisotopic (exact) mass is 346 g/mol. The molecule has 0 fully saturated rings. The lowest BCUT2D eigenvalue weighted by molar-refractivity contribution is -0.120. The molecule has 0 aliphatic rings. The molecule has 0 heterocycles. The number of ketones is 1. The van der Waals surface area contributed by atoms with Crippen molar-refractivity contribution in [3.05, 3.63) is 65.7 Å². The number of aliphatic hydroxyl groups is 1. The molecule has 1 N–H and O–H groups in total. The molecule has 5 heteroatoms. The Morgan fingerprint density at radius 1 is 1.12 bits per heavy atom. The summed E-state index contributed by atoms with van der Waals surface area (Å²) in [7, 11) is -3.75. The molecule has 24 heavy (non-hydrogen) atoms. The maximum Gasteiger partial charge on any atom is 0.267 e. The quantitative estimate of drug-likeness (QED) is 0.776. The van der Waals surface area contributed by atoms with Gasteiger partial charge in [-0.15, -0.1) is 0 Å². The number of hydrogen-bond acceptors (Lipinski definition) is 4. The van der Waals surface area contributed by atoms with Crippen LogP contribution in [-0.4, -0.2) is 17.5 Å². The third kappa shape index (κ3) is 3.51. The van der Waals surface area contributed by atoms with E-state index in [0.717, 1.165) is 5.56 Å². The van der Waals surface area contributed by atoms with Gasteiger partial charge in [-0.25, -0.2) is 0 Å². The van der Waals surface area contributed by atoms with Crippen LogP contribution in [0.2, 0.25) is 0 Å². The van der Waals surface area contributed by atoms with Crippen LogP contribution >= 0.6 is 7.37 Å². The summed E-state index contributed by atoms with van der Waals surface area (Å²) < 4.78 is 19.5. The number of Topliss-reactive ketones (excluding diaryl/α,β-unsaturated/α-hetero) is 1. The largest absolute Gasteiger partial charge is 0.374 e. The SMILES string of the molecule is CCO[P@](=O)(c1ccccc1)[C@](O)(CC(C)=O)c1ccc(C)cc1. The molecule has 0 spiro atoms. The molecular weight excluding hydrogens is 323 g/mol. The van der Waals surface area contributed by atoms with Crippen LogP contribution in [0.3, 0.4) is 0 Å². The molecule has 4 nitrogen and oxygen atoms in total. The van der Waals surface area contributed by atoms with E-state index in [4.69, 9.17) is 4.52 Å². The Hall–Kier alpha value is -1.74. The summed E-state index contributed by atoms with van der Waals surface area (Å²) in [6.45, 7) is 5.19. The van der Waals surface area contributed by atoms with Gasteiger partial charge in [0.1, 0.15) is 5.78 Å². The van der Waals surface area contributed by atoms with Gasteiger partial charge in [-0.2, -0.15) is 0 Å². The van der Waals surface area contributed by atoms with E-state index in [1.165, 1.54) is 6.92 Å². The van der Waals surface area contributed by atoms with Crippen LogP contribution in [0.15, 0.2) is 54.6 Å². The van der Waals surface area contributed by atoms with Crippen molar-refractivity contribution in [1.29, 1.82) is 0 Å². The summed E-state index contributed by atoms with van der Waals surface area (Å²) in [6.07, 6.45) is -0.276. The predicted octanol–water partition coefficient (Wildman–Crippen LogP) is 3.76. The maximum atomic E-state index is 13.8. The molecule has 0 amide bonds. The zero-order valence-electron chi connectivity index (χ0n) is 14.2. The summed E-state index contributed by atoms with van der Waals surface area (Å²) in [6, 6.07) is 15.7. The lowest BCUT2D eigenvalue weighted by Crippen LogP contribution is -2.34. The Balaban J connectivity index is 2.69. The van der Waals surface area contributed by atoms with Crippen molar-refractivity contribution in [3.63, 3.8) is 0 Å². The fourth-order valence-corrected chi connectivity index (χ4v) is 5.38. The molecule has 2 aromatic rings. The minimum Gasteiger partial charge on any atom is -0.374 e. The zero-order valence-corrected chi connectivity index (χ0v) is 15.1. The average molecular weight is 346 g/mol. The predicted molar refractivity (Wildman–Crippen MR) is 95.7 cm³/mol. The van der Waals surface area contributed by atoms with Crippen LogP contribution in [0.4, 0.5) is 0 Å². The highest BCUT2D eigenvalue weighted by atomic mass is 31.2. The van der Waals surface area contributed by atoms with Crippen LogP contribution in [0.5, 0.6) is 0 Å². The van der Waals surface area contributed by atoms with Crippen molar-refractivity contribution in [3.8, 4) is 0 Å². The van der Waals surface area contributed by atoms with Gasteiger partial charge in [0.25, 0.3) is 7.37 Å². The van der Waals surface area contributed by atoms with Crippen molar-refractivity contribution >= 4 is 18.5 Å². The Morgan fingerprint density at radius 2 is 1.71 bits per heavy atom. The number of carbonyl (C=O) groups excluding carboxylic acids is 1. The van der Waals surface area contributed by atoms with Gasteiger partial charge in [0.05, 0.1) is 6.61 Å². The highest BCUT2D eigenvalue weighted by Gasteiger charge is 2.51. The van der Waals surface area contributed by atoms with Crippen LogP contribution < -0.4 is 5.30 Å². The molecule has 0 saturated carbocycles. The van der Waals surface area contributed by atoms with Gasteiger partial charge in [-0.1, -0.05) is 48.0 Å². The highest BCUT2D eigenvalue weighted by molar-refractivity contribution is 7.67. The molecule has 128 valence electrons. The second kappa shape index (κ2) is 7.43. The molecule has 2 atom stereocenters. The molecular formula is C19H23O4P. The van der Waals surface area contributed by atoms with E-state index in [1.54, 1.807) is 49.4 Å². The number of aryl methyl sites for hydroxylation is 1. The molecule has 0 aliphatic carbocycles. The topological polar surface area (TPSA) is 63.6 Å². The van der Waals surface area contributed by atoms with Crippen molar-refractivity contribution < 1.29 is 19.0 Å². The molecule has 2 aromatic carbocycles. The summed E-state index contributed by atoms with van der Waals surface area (Å²) in [5.74, 6) is -0.256. The van der Waals surface area contributed by atoms with Gasteiger partial charge in [-0.3, -0.25) is 9.36 Å². The fraction of sp³-hybridized carbons (Fsp3) is 0.316. The van der Waals surface area contributed by atoms with Crippen LogP contribution in [0.1, 0.15) is 31.4 Å². The first-order chi connectivity index (χ1) is 11.3. The van der Waals surface area contributed by atoms with Gasteiger partial charge in [0.15, 0.2) is 5.34 Å². The fourth-order valence-electron chi connectivity index (χ4n) is 2.74. The van der Waals surface area contributed by atoms with Crippen molar-refractivity contribution in [2.24, 2.45) is 0 Å². The van der Waals surface area contributed by atoms with E-state index in [-0.39, 0.29) is 18.8 Å². The molecule has 0 aliphatic heterocycles. The Bertz CT molecular complexity index is 740. The summed E-state index contributed by atoms with van der Waals surface area (Å²) in [4.78, 5) is 11.8. The van der Waals surface area contributed by atoms with Gasteiger partial charge in [0.2, 0.25) is 0 Å². The maximum absolute atomic E-state index is 13.8. The van der Waals surface area contributed by atoms with E-state index in [1.807, 2.05) is 19.1 Å². The second-order valence-corrected chi connectivity index (χ2v) is 8.48. The number of rotatable bonds is 7. The van der Waals surface area contributed by atoms with Gasteiger partial charge in [-0.05, 0) is 38.5 Å². The van der Waals surface area contributed by atoms with E-state index >= 15 is 0 Å². The zero-order chi connectivity index (χ0) is 17.8. The first kappa shape index (κ1) is 18.6. The van der Waals surface area contributed by atoms with E-state index in [9.17, 15) is 14.5 Å². The van der Waals surface area contributed by atoms with E-state index in [0.29, 0.717) is 10.9 Å². The van der Waals surface area contributed by atoms with E-state index in [2.05, 4.69) is 0 Å². The van der Waals surface area contributed by atoms with E-state index < -0.39 is 12.7 Å². The van der Waals surface area contributed by atoms with Crippen molar-refractivity contribution in [2.45, 2.75) is 32.5 Å². The van der Waals surface area contributed by atoms with Crippen molar-refractivity contribution in [1.82, 2.24) is 0 Å². The minimum atomic E-state index is -3.75. The summed E-state index contributed by atoms with van der Waals surface area (Å²) in [5, 5.41) is 9.94. The lowest BCUT2D eigenvalue weighted by atomic mass is 10.0. The Labute approximate surface area is 142 Å². The summed E-state index contributed by atoms with van der Waals surface area (Å²) in [5.41, 5.74) is 1.43. The van der Waals surface area contributed by atoms with Gasteiger partial charge >= 0.3 is 0 Å². The molecule has 0 unspecified atom stereocenters. The highest BCUT2D eigenvalue weighted by Crippen LogP contribution is 2.63. The second-order valence-electron chi connectivity index (χ2n) is 5.87. The third-order valence-electron chi connectivity index (χ3n) is 3.90.